The highest BCUT2D eigenvalue weighted by molar-refractivity contribution is 7.80. The Hall–Kier alpha value is -0.190. The molecule has 3 aliphatic rings. The number of rotatable bonds is 2. The maximum Gasteiger partial charge on any atom is 0.0771 e. The number of hydrogen-bond donors (Lipinski definition) is 1. The normalized spacial score (nSPS) is 35.6. The zero-order valence-corrected chi connectivity index (χ0v) is 12.6. The standard InChI is InChI=1S/C15H26N2OS/c16-14(19)12-4-3-8-17(11-12)13-5-9-18-15(10-13)6-1-2-7-15/h12-13H,1-11H2,(H2,16,19). The average Bonchev–Trinajstić information content (AvgIpc) is 2.87. The van der Waals surface area contributed by atoms with Gasteiger partial charge >= 0.3 is 0 Å². The Morgan fingerprint density at radius 1 is 1.21 bits per heavy atom. The summed E-state index contributed by atoms with van der Waals surface area (Å²) in [5.74, 6) is 0.436. The van der Waals surface area contributed by atoms with Crippen molar-refractivity contribution in [3.05, 3.63) is 0 Å². The van der Waals surface area contributed by atoms with Gasteiger partial charge in [-0.25, -0.2) is 0 Å². The highest BCUT2D eigenvalue weighted by atomic mass is 32.1. The maximum atomic E-state index is 6.14. The molecule has 2 atom stereocenters. The van der Waals surface area contributed by atoms with Crippen LogP contribution in [0.5, 0.6) is 0 Å². The lowest BCUT2D eigenvalue weighted by Gasteiger charge is -2.45. The first kappa shape index (κ1) is 13.8. The van der Waals surface area contributed by atoms with Crippen LogP contribution in [0.15, 0.2) is 0 Å². The number of ether oxygens (including phenoxy) is 1. The van der Waals surface area contributed by atoms with Crippen LogP contribution < -0.4 is 5.73 Å². The van der Waals surface area contributed by atoms with Crippen LogP contribution in [0.2, 0.25) is 0 Å². The molecule has 0 radical (unpaired) electrons. The quantitative estimate of drug-likeness (QED) is 0.790. The van der Waals surface area contributed by atoms with Crippen LogP contribution >= 0.6 is 12.2 Å². The zero-order valence-electron chi connectivity index (χ0n) is 11.8. The summed E-state index contributed by atoms with van der Waals surface area (Å²) in [6.07, 6.45) is 10.1. The van der Waals surface area contributed by atoms with E-state index in [1.807, 2.05) is 0 Å². The van der Waals surface area contributed by atoms with Crippen LogP contribution in [0.25, 0.3) is 0 Å². The molecule has 2 aliphatic heterocycles. The molecule has 0 aromatic rings. The number of nitrogens with two attached hydrogens (primary N) is 1. The topological polar surface area (TPSA) is 38.5 Å². The smallest absolute Gasteiger partial charge is 0.0771 e. The molecule has 2 heterocycles. The molecular formula is C15H26N2OS. The van der Waals surface area contributed by atoms with E-state index in [9.17, 15) is 0 Å². The highest BCUT2D eigenvalue weighted by Gasteiger charge is 2.42. The molecule has 1 spiro atoms. The van der Waals surface area contributed by atoms with Gasteiger partial charge in [-0.1, -0.05) is 25.1 Å². The second-order valence-electron chi connectivity index (χ2n) is 6.62. The van der Waals surface area contributed by atoms with E-state index >= 15 is 0 Å². The van der Waals surface area contributed by atoms with Gasteiger partial charge in [-0.15, -0.1) is 0 Å². The van der Waals surface area contributed by atoms with Crippen LogP contribution in [0, 0.1) is 5.92 Å². The Labute approximate surface area is 121 Å². The van der Waals surface area contributed by atoms with Crippen molar-refractivity contribution in [1.82, 2.24) is 4.90 Å². The fourth-order valence-corrected chi connectivity index (χ4v) is 4.44. The number of likely N-dealkylation sites (tertiary alicyclic amines) is 1. The monoisotopic (exact) mass is 282 g/mol. The SMILES string of the molecule is NC(=S)C1CCCN(C2CCOC3(CCCC3)C2)C1. The van der Waals surface area contributed by atoms with E-state index in [0.717, 1.165) is 13.2 Å². The van der Waals surface area contributed by atoms with E-state index in [0.29, 0.717) is 16.9 Å². The summed E-state index contributed by atoms with van der Waals surface area (Å²) in [5.41, 5.74) is 6.08. The van der Waals surface area contributed by atoms with Gasteiger partial charge in [-0.05, 0) is 45.1 Å². The van der Waals surface area contributed by atoms with Gasteiger partial charge in [0.15, 0.2) is 0 Å². The molecule has 4 heteroatoms. The van der Waals surface area contributed by atoms with Crippen molar-refractivity contribution in [2.75, 3.05) is 19.7 Å². The summed E-state index contributed by atoms with van der Waals surface area (Å²) >= 11 is 5.20. The van der Waals surface area contributed by atoms with Crippen LogP contribution in [-0.4, -0.2) is 41.2 Å². The first-order valence-corrected chi connectivity index (χ1v) is 8.27. The van der Waals surface area contributed by atoms with Crippen LogP contribution in [0.1, 0.15) is 51.4 Å². The summed E-state index contributed by atoms with van der Waals surface area (Å²) in [5, 5.41) is 0. The molecule has 1 saturated carbocycles. The summed E-state index contributed by atoms with van der Waals surface area (Å²) in [6.45, 7) is 3.24. The van der Waals surface area contributed by atoms with Crippen molar-refractivity contribution >= 4 is 17.2 Å². The zero-order chi connectivity index (χ0) is 13.3. The Balaban J connectivity index is 1.63. The molecule has 2 saturated heterocycles. The fourth-order valence-electron chi connectivity index (χ4n) is 4.25. The molecular weight excluding hydrogens is 256 g/mol. The minimum Gasteiger partial charge on any atom is -0.393 e. The molecule has 0 aromatic heterocycles. The van der Waals surface area contributed by atoms with Crippen molar-refractivity contribution in [2.45, 2.75) is 63.0 Å². The second-order valence-corrected chi connectivity index (χ2v) is 7.09. The summed E-state index contributed by atoms with van der Waals surface area (Å²) in [6, 6.07) is 0.698. The third-order valence-electron chi connectivity index (χ3n) is 5.35. The molecule has 0 aromatic carbocycles. The van der Waals surface area contributed by atoms with Crippen molar-refractivity contribution in [1.29, 1.82) is 0 Å². The average molecular weight is 282 g/mol. The Bertz CT molecular complexity index is 341. The number of hydrogen-bond acceptors (Lipinski definition) is 3. The Morgan fingerprint density at radius 2 is 2.00 bits per heavy atom. The molecule has 19 heavy (non-hydrogen) atoms. The van der Waals surface area contributed by atoms with Crippen molar-refractivity contribution < 1.29 is 4.74 Å². The van der Waals surface area contributed by atoms with Gasteiger partial charge in [0, 0.05) is 25.1 Å². The summed E-state index contributed by atoms with van der Waals surface area (Å²) in [7, 11) is 0. The number of nitrogens with zero attached hydrogens (tertiary/aromatic N) is 1. The lowest BCUT2D eigenvalue weighted by atomic mass is 9.86. The molecule has 108 valence electrons. The van der Waals surface area contributed by atoms with Gasteiger partial charge in [0.25, 0.3) is 0 Å². The minimum absolute atomic E-state index is 0.221. The van der Waals surface area contributed by atoms with Crippen molar-refractivity contribution in [3.63, 3.8) is 0 Å². The molecule has 2 unspecified atom stereocenters. The third-order valence-corrected chi connectivity index (χ3v) is 5.69. The number of piperidine rings is 1. The van der Waals surface area contributed by atoms with E-state index in [4.69, 9.17) is 22.7 Å². The van der Waals surface area contributed by atoms with Crippen molar-refractivity contribution in [2.24, 2.45) is 11.7 Å². The number of thiocarbonyl (C=S) groups is 1. The lowest BCUT2D eigenvalue weighted by Crippen LogP contribution is -2.51. The predicted octanol–water partition coefficient (Wildman–Crippen LogP) is 2.48. The molecule has 0 amide bonds. The first-order chi connectivity index (χ1) is 9.19. The van der Waals surface area contributed by atoms with E-state index in [-0.39, 0.29) is 5.60 Å². The molecule has 3 rings (SSSR count). The minimum atomic E-state index is 0.221. The van der Waals surface area contributed by atoms with E-state index in [1.54, 1.807) is 0 Å². The maximum absolute atomic E-state index is 6.14. The van der Waals surface area contributed by atoms with E-state index in [2.05, 4.69) is 4.90 Å². The van der Waals surface area contributed by atoms with Gasteiger partial charge in [-0.3, -0.25) is 4.90 Å². The van der Waals surface area contributed by atoms with Gasteiger partial charge in [0.2, 0.25) is 0 Å². The van der Waals surface area contributed by atoms with Gasteiger partial charge < -0.3 is 10.5 Å². The third kappa shape index (κ3) is 2.96. The van der Waals surface area contributed by atoms with Gasteiger partial charge in [0.1, 0.15) is 0 Å². The molecule has 3 fully saturated rings. The molecule has 1 aliphatic carbocycles. The molecule has 0 bridgehead atoms. The van der Waals surface area contributed by atoms with Crippen LogP contribution in [0.4, 0.5) is 0 Å². The van der Waals surface area contributed by atoms with Gasteiger partial charge in [0.05, 0.1) is 10.6 Å². The van der Waals surface area contributed by atoms with Crippen LogP contribution in [-0.2, 0) is 4.74 Å². The molecule has 3 nitrogen and oxygen atoms in total. The van der Waals surface area contributed by atoms with E-state index < -0.39 is 0 Å². The largest absolute Gasteiger partial charge is 0.393 e. The van der Waals surface area contributed by atoms with Gasteiger partial charge in [-0.2, -0.15) is 0 Å². The summed E-state index contributed by atoms with van der Waals surface area (Å²) < 4.78 is 6.14. The Morgan fingerprint density at radius 3 is 2.74 bits per heavy atom. The predicted molar refractivity (Wildman–Crippen MR) is 81.3 cm³/mol. The van der Waals surface area contributed by atoms with Crippen LogP contribution in [0.3, 0.4) is 0 Å². The van der Waals surface area contributed by atoms with E-state index in [1.165, 1.54) is 57.9 Å². The Kier molecular flexibility index (Phi) is 4.11. The second kappa shape index (κ2) is 5.66. The fraction of sp³-hybridized carbons (Fsp3) is 0.933. The lowest BCUT2D eigenvalue weighted by molar-refractivity contribution is -0.104. The summed E-state index contributed by atoms with van der Waals surface area (Å²) in [4.78, 5) is 3.36. The highest BCUT2D eigenvalue weighted by Crippen LogP contribution is 2.41. The van der Waals surface area contributed by atoms with Crippen molar-refractivity contribution in [3.8, 4) is 0 Å². The first-order valence-electron chi connectivity index (χ1n) is 7.86. The molecule has 2 N–H and O–H groups in total.